The van der Waals surface area contributed by atoms with Gasteiger partial charge in [-0.05, 0) is 38.8 Å². The molecule has 0 aromatic carbocycles. The van der Waals surface area contributed by atoms with Crippen LogP contribution in [0.2, 0.25) is 0 Å². The number of carbonyl (C=O) groups is 4. The maximum absolute atomic E-state index is 11.4. The van der Waals surface area contributed by atoms with E-state index in [2.05, 4.69) is 10.6 Å². The minimum absolute atomic E-state index is 0.0538. The highest BCUT2D eigenvalue weighted by Crippen LogP contribution is 1.95. The third-order valence-electron chi connectivity index (χ3n) is 3.14. The number of nitrogens with two attached hydrogens (primary N) is 2. The van der Waals surface area contributed by atoms with Gasteiger partial charge in [0, 0.05) is 25.9 Å². The summed E-state index contributed by atoms with van der Waals surface area (Å²) < 4.78 is 9.44. The third-order valence-corrected chi connectivity index (χ3v) is 3.14. The van der Waals surface area contributed by atoms with Gasteiger partial charge < -0.3 is 31.6 Å². The van der Waals surface area contributed by atoms with Gasteiger partial charge >= 0.3 is 11.9 Å². The molecule has 26 heavy (non-hydrogen) atoms. The number of ether oxygens (including phenoxy) is 2. The molecule has 0 atom stereocenters. The minimum atomic E-state index is -1.11. The van der Waals surface area contributed by atoms with Gasteiger partial charge in [-0.3, -0.25) is 9.59 Å². The molecular weight excluding hydrogens is 344 g/mol. The molecule has 0 aliphatic heterocycles. The summed E-state index contributed by atoms with van der Waals surface area (Å²) in [6.07, 6.45) is 2.37. The van der Waals surface area contributed by atoms with Crippen molar-refractivity contribution in [2.45, 2.75) is 38.5 Å². The third kappa shape index (κ3) is 14.2. The lowest BCUT2D eigenvalue weighted by Crippen LogP contribution is -2.27. The Morgan fingerprint density at radius 3 is 1.38 bits per heavy atom. The Kier molecular flexibility index (Phi) is 14.9. The molecule has 0 unspecified atom stereocenters. The summed E-state index contributed by atoms with van der Waals surface area (Å²) in [5.41, 5.74) is 10.6. The largest absolute Gasteiger partial charge is 0.457 e. The van der Waals surface area contributed by atoms with Gasteiger partial charge in [-0.15, -0.1) is 0 Å². The molecule has 0 saturated heterocycles. The van der Waals surface area contributed by atoms with Gasteiger partial charge in [0.25, 0.3) is 0 Å². The van der Waals surface area contributed by atoms with Crippen LogP contribution in [-0.4, -0.2) is 63.1 Å². The van der Waals surface area contributed by atoms with E-state index in [1.54, 1.807) is 0 Å². The molecule has 0 heterocycles. The second kappa shape index (κ2) is 16.3. The molecule has 0 aromatic rings. The van der Waals surface area contributed by atoms with E-state index in [-0.39, 0.29) is 37.9 Å². The number of rotatable bonds is 14. The monoisotopic (exact) mass is 374 g/mol. The molecule has 10 nitrogen and oxygen atoms in total. The lowest BCUT2D eigenvalue weighted by atomic mass is 10.3. The molecule has 150 valence electrons. The molecule has 0 saturated carbocycles. The van der Waals surface area contributed by atoms with Crippen molar-refractivity contribution < 1.29 is 28.7 Å². The molecule has 10 heteroatoms. The first-order valence-electron chi connectivity index (χ1n) is 8.78. The van der Waals surface area contributed by atoms with Crippen LogP contribution in [0.3, 0.4) is 0 Å². The normalized spacial score (nSPS) is 10.1. The van der Waals surface area contributed by atoms with Crippen molar-refractivity contribution in [1.29, 1.82) is 0 Å². The van der Waals surface area contributed by atoms with E-state index in [9.17, 15) is 19.2 Å². The fourth-order valence-electron chi connectivity index (χ4n) is 1.75. The fraction of sp³-hybridized carbons (Fsp3) is 0.750. The lowest BCUT2D eigenvalue weighted by molar-refractivity contribution is -0.167. The summed E-state index contributed by atoms with van der Waals surface area (Å²) in [4.78, 5) is 45.6. The number of nitrogens with one attached hydrogen (secondary N) is 2. The predicted octanol–water partition coefficient (Wildman–Crippen LogP) is -1.44. The smallest absolute Gasteiger partial charge is 0.417 e. The summed E-state index contributed by atoms with van der Waals surface area (Å²) in [6.45, 7) is 1.90. The second-order valence-electron chi connectivity index (χ2n) is 5.46. The van der Waals surface area contributed by atoms with Crippen LogP contribution in [0.4, 0.5) is 0 Å². The summed E-state index contributed by atoms with van der Waals surface area (Å²) in [5, 5.41) is 5.33. The van der Waals surface area contributed by atoms with Crippen LogP contribution < -0.4 is 22.1 Å². The van der Waals surface area contributed by atoms with Gasteiger partial charge in [0.05, 0.1) is 13.2 Å². The van der Waals surface area contributed by atoms with Crippen LogP contribution in [0, 0.1) is 0 Å². The van der Waals surface area contributed by atoms with E-state index in [1.165, 1.54) is 0 Å². The van der Waals surface area contributed by atoms with Gasteiger partial charge in [0.1, 0.15) is 0 Å². The van der Waals surface area contributed by atoms with Gasteiger partial charge in [0.2, 0.25) is 11.8 Å². The van der Waals surface area contributed by atoms with Crippen molar-refractivity contribution in [3.63, 3.8) is 0 Å². The topological polar surface area (TPSA) is 163 Å². The maximum Gasteiger partial charge on any atom is 0.417 e. The molecule has 0 radical (unpaired) electrons. The molecule has 0 spiro atoms. The van der Waals surface area contributed by atoms with Crippen LogP contribution >= 0.6 is 0 Å². The SMILES string of the molecule is NCCCNC(=O)CCCOC(=O)C(=O)OCCCC(=O)NCCCN. The van der Waals surface area contributed by atoms with E-state index < -0.39 is 11.9 Å². The van der Waals surface area contributed by atoms with E-state index in [0.29, 0.717) is 51.9 Å². The molecule has 0 fully saturated rings. The van der Waals surface area contributed by atoms with Crippen LogP contribution in [0.1, 0.15) is 38.5 Å². The average Bonchev–Trinajstić information content (AvgIpc) is 2.62. The zero-order chi connectivity index (χ0) is 19.6. The maximum atomic E-state index is 11.4. The molecule has 0 aliphatic carbocycles. The van der Waals surface area contributed by atoms with Crippen molar-refractivity contribution in [2.75, 3.05) is 39.4 Å². The minimum Gasteiger partial charge on any atom is -0.457 e. The first kappa shape index (κ1) is 23.8. The van der Waals surface area contributed by atoms with Gasteiger partial charge in [-0.1, -0.05) is 0 Å². The van der Waals surface area contributed by atoms with E-state index >= 15 is 0 Å². The number of amides is 2. The lowest BCUT2D eigenvalue weighted by Gasteiger charge is -2.07. The van der Waals surface area contributed by atoms with Crippen molar-refractivity contribution >= 4 is 23.8 Å². The van der Waals surface area contributed by atoms with E-state index in [1.807, 2.05) is 0 Å². The molecule has 0 bridgehead atoms. The molecular formula is C16H30N4O6. The van der Waals surface area contributed by atoms with E-state index in [0.717, 1.165) is 0 Å². The van der Waals surface area contributed by atoms with Crippen LogP contribution in [0.5, 0.6) is 0 Å². The highest BCUT2D eigenvalue weighted by atomic mass is 16.6. The van der Waals surface area contributed by atoms with Crippen LogP contribution in [0.15, 0.2) is 0 Å². The Hall–Kier alpha value is -2.20. The zero-order valence-electron chi connectivity index (χ0n) is 15.1. The zero-order valence-corrected chi connectivity index (χ0v) is 15.1. The van der Waals surface area contributed by atoms with Gasteiger partial charge in [-0.25, -0.2) is 9.59 Å². The summed E-state index contributed by atoms with van der Waals surface area (Å²) >= 11 is 0. The molecule has 0 aromatic heterocycles. The summed E-state index contributed by atoms with van der Waals surface area (Å²) in [6, 6.07) is 0. The molecule has 0 aliphatic rings. The van der Waals surface area contributed by atoms with E-state index in [4.69, 9.17) is 20.9 Å². The highest BCUT2D eigenvalue weighted by molar-refractivity contribution is 6.29. The van der Waals surface area contributed by atoms with Crippen molar-refractivity contribution in [2.24, 2.45) is 11.5 Å². The van der Waals surface area contributed by atoms with Gasteiger partial charge in [-0.2, -0.15) is 0 Å². The Bertz CT molecular complexity index is 404. The first-order chi connectivity index (χ1) is 12.5. The Morgan fingerprint density at radius 2 is 1.04 bits per heavy atom. The average molecular weight is 374 g/mol. The molecule has 0 rings (SSSR count). The highest BCUT2D eigenvalue weighted by Gasteiger charge is 2.17. The Morgan fingerprint density at radius 1 is 0.654 bits per heavy atom. The summed E-state index contributed by atoms with van der Waals surface area (Å²) in [5.74, 6) is -2.55. The first-order valence-corrected chi connectivity index (χ1v) is 8.78. The number of esters is 2. The molecule has 6 N–H and O–H groups in total. The quantitative estimate of drug-likeness (QED) is 0.163. The Balaban J connectivity index is 3.63. The number of carbonyl (C=O) groups excluding carboxylic acids is 4. The van der Waals surface area contributed by atoms with Crippen LogP contribution in [0.25, 0.3) is 0 Å². The van der Waals surface area contributed by atoms with Gasteiger partial charge in [0.15, 0.2) is 0 Å². The Labute approximate surface area is 153 Å². The van der Waals surface area contributed by atoms with Crippen molar-refractivity contribution in [3.05, 3.63) is 0 Å². The fourth-order valence-corrected chi connectivity index (χ4v) is 1.75. The number of hydrogen-bond donors (Lipinski definition) is 4. The van der Waals surface area contributed by atoms with Crippen molar-refractivity contribution in [1.82, 2.24) is 10.6 Å². The standard InChI is InChI=1S/C16H30N4O6/c17-7-3-9-19-13(21)5-1-11-25-15(23)16(24)26-12-2-6-14(22)20-10-4-8-18/h1-12,17-18H2,(H,19,21)(H,20,22). The molecule has 2 amide bonds. The van der Waals surface area contributed by atoms with Crippen LogP contribution in [-0.2, 0) is 28.7 Å². The predicted molar refractivity (Wildman–Crippen MR) is 93.7 cm³/mol. The van der Waals surface area contributed by atoms with Crippen molar-refractivity contribution in [3.8, 4) is 0 Å². The number of hydrogen-bond acceptors (Lipinski definition) is 8. The summed E-state index contributed by atoms with van der Waals surface area (Å²) in [7, 11) is 0. The second-order valence-corrected chi connectivity index (χ2v) is 5.46.